The monoisotopic (exact) mass is 480 g/mol. The average molecular weight is 480 g/mol. The lowest BCUT2D eigenvalue weighted by molar-refractivity contribution is -0.136. The number of likely N-dealkylation sites (tertiary alicyclic amines) is 1. The Morgan fingerprint density at radius 2 is 1.77 bits per heavy atom. The number of hydrogen-bond acceptors (Lipinski definition) is 2. The molecule has 0 aliphatic carbocycles. The summed E-state index contributed by atoms with van der Waals surface area (Å²) in [5, 5.41) is 6.94. The number of hydrogen-bond donors (Lipinski definition) is 2. The fourth-order valence-corrected chi connectivity index (χ4v) is 3.41. The zero-order valence-corrected chi connectivity index (χ0v) is 19.8. The number of rotatable bonds is 9. The molecule has 0 bridgehead atoms. The molecule has 26 heavy (non-hydrogen) atoms. The summed E-state index contributed by atoms with van der Waals surface area (Å²) in [5.41, 5.74) is 0. The molecule has 0 spiro atoms. The largest absolute Gasteiger partial charge is 0.356 e. The summed E-state index contributed by atoms with van der Waals surface area (Å²) in [6.45, 7) is 11.5. The van der Waals surface area contributed by atoms with E-state index in [1.807, 2.05) is 7.05 Å². The van der Waals surface area contributed by atoms with Crippen molar-refractivity contribution in [2.45, 2.75) is 78.7 Å². The first-order valence-electron chi connectivity index (χ1n) is 10.3. The fraction of sp³-hybridized carbons (Fsp3) is 0.900. The number of guanidine groups is 1. The molecule has 1 amide bonds. The second-order valence-electron chi connectivity index (χ2n) is 7.65. The molecule has 0 radical (unpaired) electrons. The van der Waals surface area contributed by atoms with Crippen molar-refractivity contribution in [3.05, 3.63) is 0 Å². The van der Waals surface area contributed by atoms with E-state index in [4.69, 9.17) is 0 Å². The van der Waals surface area contributed by atoms with Gasteiger partial charge in [-0.15, -0.1) is 24.0 Å². The Morgan fingerprint density at radius 3 is 2.27 bits per heavy atom. The normalized spacial score (nSPS) is 16.0. The van der Waals surface area contributed by atoms with Crippen molar-refractivity contribution < 1.29 is 4.79 Å². The van der Waals surface area contributed by atoms with E-state index < -0.39 is 0 Å². The van der Waals surface area contributed by atoms with Crippen LogP contribution in [0.15, 0.2) is 4.99 Å². The average Bonchev–Trinajstić information content (AvgIpc) is 2.61. The lowest BCUT2D eigenvalue weighted by atomic mass is 9.98. The van der Waals surface area contributed by atoms with Gasteiger partial charge < -0.3 is 15.5 Å². The maximum Gasteiger partial charge on any atom is 0.225 e. The number of carbonyl (C=O) groups excluding carboxylic acids is 1. The third-order valence-corrected chi connectivity index (χ3v) is 5.21. The Balaban J connectivity index is 0.00000625. The van der Waals surface area contributed by atoms with Gasteiger partial charge in [0, 0.05) is 38.6 Å². The number of unbranched alkanes of at least 4 members (excludes halogenated alkanes) is 1. The van der Waals surface area contributed by atoms with Gasteiger partial charge in [0.1, 0.15) is 0 Å². The molecule has 1 rings (SSSR count). The van der Waals surface area contributed by atoms with E-state index in [1.165, 1.54) is 19.3 Å². The van der Waals surface area contributed by atoms with E-state index in [1.54, 1.807) is 0 Å². The van der Waals surface area contributed by atoms with Crippen LogP contribution in [0.3, 0.4) is 0 Å². The molecule has 2 N–H and O–H groups in total. The maximum atomic E-state index is 12.5. The van der Waals surface area contributed by atoms with Crippen molar-refractivity contribution in [3.63, 3.8) is 0 Å². The number of nitrogens with one attached hydrogen (secondary N) is 2. The molecule has 1 saturated heterocycles. The first-order valence-corrected chi connectivity index (χ1v) is 10.3. The Kier molecular flexibility index (Phi) is 14.2. The second-order valence-corrected chi connectivity index (χ2v) is 7.65. The van der Waals surface area contributed by atoms with Crippen molar-refractivity contribution in [1.82, 2.24) is 15.5 Å². The lowest BCUT2D eigenvalue weighted by Crippen LogP contribution is -2.50. The molecule has 5 nitrogen and oxygen atoms in total. The lowest BCUT2D eigenvalue weighted by Gasteiger charge is -2.34. The Labute approximate surface area is 178 Å². The Morgan fingerprint density at radius 1 is 1.15 bits per heavy atom. The third-order valence-electron chi connectivity index (χ3n) is 5.21. The van der Waals surface area contributed by atoms with Gasteiger partial charge in [0.05, 0.1) is 0 Å². The van der Waals surface area contributed by atoms with Crippen LogP contribution >= 0.6 is 24.0 Å². The van der Waals surface area contributed by atoms with Gasteiger partial charge in [-0.25, -0.2) is 0 Å². The van der Waals surface area contributed by atoms with Gasteiger partial charge in [0.15, 0.2) is 5.96 Å². The van der Waals surface area contributed by atoms with Crippen molar-refractivity contribution >= 4 is 35.8 Å². The zero-order chi connectivity index (χ0) is 18.7. The van der Waals surface area contributed by atoms with Gasteiger partial charge >= 0.3 is 0 Å². The Hall–Kier alpha value is -0.530. The molecule has 0 unspecified atom stereocenters. The highest BCUT2D eigenvalue weighted by Crippen LogP contribution is 2.17. The summed E-state index contributed by atoms with van der Waals surface area (Å²) < 4.78 is 0. The quantitative estimate of drug-likeness (QED) is 0.227. The third kappa shape index (κ3) is 9.42. The molecule has 1 heterocycles. The van der Waals surface area contributed by atoms with Gasteiger partial charge in [-0.2, -0.15) is 0 Å². The van der Waals surface area contributed by atoms with E-state index in [9.17, 15) is 4.79 Å². The minimum absolute atomic E-state index is 0. The topological polar surface area (TPSA) is 56.7 Å². The number of halogens is 1. The van der Waals surface area contributed by atoms with Crippen LogP contribution in [-0.4, -0.2) is 49.5 Å². The molecule has 1 aliphatic rings. The predicted octanol–water partition coefficient (Wildman–Crippen LogP) is 4.02. The van der Waals surface area contributed by atoms with Crippen molar-refractivity contribution in [2.24, 2.45) is 16.8 Å². The van der Waals surface area contributed by atoms with Gasteiger partial charge in [-0.1, -0.05) is 40.5 Å². The SMILES string of the molecule is CCC(CC)C(=O)N1CCC(NC(=NC)NCCCCC(C)C)CC1.I. The Bertz CT molecular complexity index is 403. The summed E-state index contributed by atoms with van der Waals surface area (Å²) in [6.07, 6.45) is 7.62. The molecule has 0 aromatic heterocycles. The molecule has 0 saturated carbocycles. The molecule has 0 atom stereocenters. The number of amides is 1. The number of nitrogens with zero attached hydrogens (tertiary/aromatic N) is 2. The van der Waals surface area contributed by atoms with E-state index >= 15 is 0 Å². The molecule has 0 aromatic carbocycles. The standard InChI is InChI=1S/C20H40N4O.HI/c1-6-17(7-2)19(25)24-14-11-18(12-15-24)23-20(21-5)22-13-9-8-10-16(3)4;/h16-18H,6-15H2,1-5H3,(H2,21,22,23);1H. The van der Waals surface area contributed by atoms with E-state index in [2.05, 4.69) is 48.2 Å². The van der Waals surface area contributed by atoms with Gasteiger partial charge in [-0.3, -0.25) is 9.79 Å². The first-order chi connectivity index (χ1) is 12.0. The predicted molar refractivity (Wildman–Crippen MR) is 122 cm³/mol. The molecule has 1 aliphatic heterocycles. The van der Waals surface area contributed by atoms with Crippen LogP contribution in [0, 0.1) is 11.8 Å². The molecule has 1 fully saturated rings. The number of carbonyl (C=O) groups is 1. The van der Waals surface area contributed by atoms with Crippen molar-refractivity contribution in [1.29, 1.82) is 0 Å². The zero-order valence-electron chi connectivity index (χ0n) is 17.5. The van der Waals surface area contributed by atoms with Gasteiger partial charge in [0.2, 0.25) is 5.91 Å². The first kappa shape index (κ1) is 25.5. The van der Waals surface area contributed by atoms with Gasteiger partial charge in [0.25, 0.3) is 0 Å². The smallest absolute Gasteiger partial charge is 0.225 e. The summed E-state index contributed by atoms with van der Waals surface area (Å²) in [6, 6.07) is 0.410. The van der Waals surface area contributed by atoms with Crippen LogP contribution in [0.5, 0.6) is 0 Å². The van der Waals surface area contributed by atoms with Crippen LogP contribution in [0.2, 0.25) is 0 Å². The highest BCUT2D eigenvalue weighted by Gasteiger charge is 2.26. The number of piperidine rings is 1. The number of aliphatic imine (C=N–C) groups is 1. The van der Waals surface area contributed by atoms with Gasteiger partial charge in [-0.05, 0) is 38.0 Å². The molecule has 0 aromatic rings. The fourth-order valence-electron chi connectivity index (χ4n) is 3.41. The highest BCUT2D eigenvalue weighted by atomic mass is 127. The van der Waals surface area contributed by atoms with E-state index in [0.29, 0.717) is 11.9 Å². The minimum atomic E-state index is 0. The van der Waals surface area contributed by atoms with Crippen molar-refractivity contribution in [3.8, 4) is 0 Å². The highest BCUT2D eigenvalue weighted by molar-refractivity contribution is 14.0. The summed E-state index contributed by atoms with van der Waals surface area (Å²) in [5.74, 6) is 2.22. The van der Waals surface area contributed by atoms with E-state index in [-0.39, 0.29) is 29.9 Å². The molecular formula is C20H41IN4O. The van der Waals surface area contributed by atoms with Crippen LogP contribution in [-0.2, 0) is 4.79 Å². The summed E-state index contributed by atoms with van der Waals surface area (Å²) in [7, 11) is 1.83. The van der Waals surface area contributed by atoms with Crippen LogP contribution in [0.1, 0.15) is 72.6 Å². The van der Waals surface area contributed by atoms with Crippen molar-refractivity contribution in [2.75, 3.05) is 26.7 Å². The van der Waals surface area contributed by atoms with Crippen LogP contribution in [0.4, 0.5) is 0 Å². The minimum Gasteiger partial charge on any atom is -0.356 e. The van der Waals surface area contributed by atoms with Crippen LogP contribution in [0.25, 0.3) is 0 Å². The molecule has 154 valence electrons. The summed E-state index contributed by atoms with van der Waals surface area (Å²) >= 11 is 0. The van der Waals surface area contributed by atoms with E-state index in [0.717, 1.165) is 57.2 Å². The maximum absolute atomic E-state index is 12.5. The summed E-state index contributed by atoms with van der Waals surface area (Å²) in [4.78, 5) is 18.9. The molecular weight excluding hydrogens is 439 g/mol. The van der Waals surface area contributed by atoms with Crippen LogP contribution < -0.4 is 10.6 Å². The second kappa shape index (κ2) is 14.5. The molecule has 6 heteroatoms.